The third-order valence-electron chi connectivity index (χ3n) is 5.11. The molecule has 1 aromatic heterocycles. The topological polar surface area (TPSA) is 93.3 Å². The number of nitriles is 1. The SMILES string of the molecule is Cc1c(C#N)c(NC(=O)COC(=O)c2ccccc2OC(F)F)n(Cc2ccc(F)cc2)c1C. The molecule has 1 amide bonds. The molecule has 1 heterocycles. The normalized spacial score (nSPS) is 10.6. The molecular weight excluding hydrogens is 451 g/mol. The van der Waals surface area contributed by atoms with Gasteiger partial charge in [-0.3, -0.25) is 4.79 Å². The third-order valence-corrected chi connectivity index (χ3v) is 5.11. The van der Waals surface area contributed by atoms with Gasteiger partial charge < -0.3 is 19.4 Å². The Hall–Kier alpha value is -4.26. The van der Waals surface area contributed by atoms with E-state index < -0.39 is 30.9 Å². The van der Waals surface area contributed by atoms with Crippen molar-refractivity contribution in [2.75, 3.05) is 11.9 Å². The first-order valence-electron chi connectivity index (χ1n) is 10.1. The molecule has 0 unspecified atom stereocenters. The zero-order valence-corrected chi connectivity index (χ0v) is 18.3. The number of benzene rings is 2. The maximum absolute atomic E-state index is 13.2. The Balaban J connectivity index is 1.76. The van der Waals surface area contributed by atoms with Gasteiger partial charge in [-0.05, 0) is 49.2 Å². The van der Waals surface area contributed by atoms with Crippen molar-refractivity contribution in [3.05, 3.63) is 82.3 Å². The number of carbonyl (C=O) groups excluding carboxylic acids is 2. The lowest BCUT2D eigenvalue weighted by Crippen LogP contribution is -2.23. The molecule has 3 rings (SSSR count). The van der Waals surface area contributed by atoms with Crippen LogP contribution in [-0.4, -0.2) is 29.7 Å². The predicted octanol–water partition coefficient (Wildman–Crippen LogP) is 4.56. The second-order valence-electron chi connectivity index (χ2n) is 7.26. The molecule has 0 aliphatic rings. The molecule has 0 spiro atoms. The number of halogens is 3. The molecule has 0 saturated carbocycles. The molecule has 0 atom stereocenters. The summed E-state index contributed by atoms with van der Waals surface area (Å²) in [5.74, 6) is -2.34. The molecule has 0 aliphatic carbocycles. The second kappa shape index (κ2) is 10.6. The van der Waals surface area contributed by atoms with Crippen LogP contribution in [0.15, 0.2) is 48.5 Å². The molecule has 0 saturated heterocycles. The van der Waals surface area contributed by atoms with Crippen LogP contribution in [0.2, 0.25) is 0 Å². The van der Waals surface area contributed by atoms with Gasteiger partial charge in [-0.1, -0.05) is 24.3 Å². The monoisotopic (exact) mass is 471 g/mol. The Kier molecular flexibility index (Phi) is 7.58. The van der Waals surface area contributed by atoms with E-state index in [1.165, 1.54) is 36.4 Å². The molecule has 10 heteroatoms. The highest BCUT2D eigenvalue weighted by atomic mass is 19.3. The molecule has 3 aromatic rings. The number of para-hydroxylation sites is 1. The number of esters is 1. The van der Waals surface area contributed by atoms with Crippen LogP contribution in [0, 0.1) is 31.0 Å². The number of nitrogens with zero attached hydrogens (tertiary/aromatic N) is 2. The minimum atomic E-state index is -3.14. The van der Waals surface area contributed by atoms with Crippen molar-refractivity contribution in [2.24, 2.45) is 0 Å². The van der Waals surface area contributed by atoms with Gasteiger partial charge in [-0.25, -0.2) is 9.18 Å². The van der Waals surface area contributed by atoms with E-state index in [0.29, 0.717) is 11.3 Å². The Morgan fingerprint density at radius 1 is 1.12 bits per heavy atom. The van der Waals surface area contributed by atoms with E-state index >= 15 is 0 Å². The minimum Gasteiger partial charge on any atom is -0.452 e. The van der Waals surface area contributed by atoms with E-state index in [1.54, 1.807) is 30.5 Å². The number of aromatic nitrogens is 1. The van der Waals surface area contributed by atoms with E-state index in [-0.39, 0.29) is 29.2 Å². The average Bonchev–Trinajstić information content (AvgIpc) is 3.02. The van der Waals surface area contributed by atoms with Crippen molar-refractivity contribution in [2.45, 2.75) is 27.0 Å². The van der Waals surface area contributed by atoms with Gasteiger partial charge in [0.2, 0.25) is 0 Å². The standard InChI is InChI=1S/C24H20F3N3O4/c1-14-15(2)30(12-16-7-9-17(25)10-8-16)22(19(14)11-28)29-21(31)13-33-23(32)18-5-3-4-6-20(18)34-24(26)27/h3-10,24H,12-13H2,1-2H3,(H,29,31). The predicted molar refractivity (Wildman–Crippen MR) is 116 cm³/mol. The first-order chi connectivity index (χ1) is 16.2. The van der Waals surface area contributed by atoms with Gasteiger partial charge in [-0.2, -0.15) is 14.0 Å². The summed E-state index contributed by atoms with van der Waals surface area (Å²) in [7, 11) is 0. The lowest BCUT2D eigenvalue weighted by molar-refractivity contribution is -0.119. The van der Waals surface area contributed by atoms with Crippen molar-refractivity contribution in [1.82, 2.24) is 4.57 Å². The Morgan fingerprint density at radius 3 is 2.44 bits per heavy atom. The van der Waals surface area contributed by atoms with Crippen LogP contribution >= 0.6 is 0 Å². The number of carbonyl (C=O) groups is 2. The molecule has 2 aromatic carbocycles. The zero-order valence-electron chi connectivity index (χ0n) is 18.3. The molecule has 0 fully saturated rings. The molecule has 176 valence electrons. The zero-order chi connectivity index (χ0) is 24.8. The van der Waals surface area contributed by atoms with Crippen LogP contribution in [-0.2, 0) is 16.1 Å². The average molecular weight is 471 g/mol. The fourth-order valence-electron chi connectivity index (χ4n) is 3.31. The maximum Gasteiger partial charge on any atom is 0.387 e. The van der Waals surface area contributed by atoms with E-state index in [2.05, 4.69) is 16.1 Å². The molecule has 7 nitrogen and oxygen atoms in total. The number of hydrogen-bond acceptors (Lipinski definition) is 5. The largest absolute Gasteiger partial charge is 0.452 e. The van der Waals surface area contributed by atoms with Crippen LogP contribution in [0.5, 0.6) is 5.75 Å². The highest BCUT2D eigenvalue weighted by Gasteiger charge is 2.22. The van der Waals surface area contributed by atoms with Gasteiger partial charge in [0.05, 0.1) is 5.56 Å². The van der Waals surface area contributed by atoms with Gasteiger partial charge in [-0.15, -0.1) is 0 Å². The smallest absolute Gasteiger partial charge is 0.387 e. The first kappa shape index (κ1) is 24.4. The second-order valence-corrected chi connectivity index (χ2v) is 7.26. The van der Waals surface area contributed by atoms with E-state index in [9.17, 15) is 28.0 Å². The van der Waals surface area contributed by atoms with Gasteiger partial charge in [0.15, 0.2) is 6.61 Å². The molecule has 34 heavy (non-hydrogen) atoms. The quantitative estimate of drug-likeness (QED) is 0.486. The summed E-state index contributed by atoms with van der Waals surface area (Å²) >= 11 is 0. The van der Waals surface area contributed by atoms with E-state index in [4.69, 9.17) is 4.74 Å². The van der Waals surface area contributed by atoms with Gasteiger partial charge in [0.1, 0.15) is 29.0 Å². The van der Waals surface area contributed by atoms with Crippen LogP contribution < -0.4 is 10.1 Å². The lowest BCUT2D eigenvalue weighted by atomic mass is 10.2. The summed E-state index contributed by atoms with van der Waals surface area (Å²) in [6.45, 7) is -0.114. The van der Waals surface area contributed by atoms with Gasteiger partial charge >= 0.3 is 12.6 Å². The number of alkyl halides is 2. The lowest BCUT2D eigenvalue weighted by Gasteiger charge is -2.14. The van der Waals surface area contributed by atoms with Gasteiger partial charge in [0, 0.05) is 12.2 Å². The van der Waals surface area contributed by atoms with Crippen molar-refractivity contribution >= 4 is 17.7 Å². The van der Waals surface area contributed by atoms with Crippen LogP contribution in [0.25, 0.3) is 0 Å². The highest BCUT2D eigenvalue weighted by molar-refractivity contribution is 5.97. The third kappa shape index (κ3) is 5.56. The highest BCUT2D eigenvalue weighted by Crippen LogP contribution is 2.27. The molecule has 0 aliphatic heterocycles. The number of anilines is 1. The number of rotatable bonds is 8. The summed E-state index contributed by atoms with van der Waals surface area (Å²) in [5.41, 5.74) is 2.07. The Bertz CT molecular complexity index is 1250. The fourth-order valence-corrected chi connectivity index (χ4v) is 3.31. The van der Waals surface area contributed by atoms with E-state index in [0.717, 1.165) is 5.56 Å². The summed E-state index contributed by atoms with van der Waals surface area (Å²) in [6, 6.07) is 13.1. The summed E-state index contributed by atoms with van der Waals surface area (Å²) in [5, 5.41) is 12.2. The summed E-state index contributed by atoms with van der Waals surface area (Å²) < 4.78 is 49.3. The molecule has 0 radical (unpaired) electrons. The molecule has 1 N–H and O–H groups in total. The number of amides is 1. The molecule has 0 bridgehead atoms. The van der Waals surface area contributed by atoms with Crippen LogP contribution in [0.1, 0.15) is 32.7 Å². The Labute approximate surface area is 193 Å². The maximum atomic E-state index is 13.2. The number of hydrogen-bond donors (Lipinski definition) is 1. The van der Waals surface area contributed by atoms with Crippen molar-refractivity contribution in [3.63, 3.8) is 0 Å². The van der Waals surface area contributed by atoms with Crippen molar-refractivity contribution < 1.29 is 32.2 Å². The summed E-state index contributed by atoms with van der Waals surface area (Å²) in [6.07, 6.45) is 0. The van der Waals surface area contributed by atoms with Crippen LogP contribution in [0.3, 0.4) is 0 Å². The summed E-state index contributed by atoms with van der Waals surface area (Å²) in [4.78, 5) is 24.8. The van der Waals surface area contributed by atoms with Crippen LogP contribution in [0.4, 0.5) is 19.0 Å². The van der Waals surface area contributed by atoms with E-state index in [1.807, 2.05) is 0 Å². The molecular formula is C24H20F3N3O4. The minimum absolute atomic E-state index is 0.198. The van der Waals surface area contributed by atoms with Crippen molar-refractivity contribution in [3.8, 4) is 11.8 Å². The Morgan fingerprint density at radius 2 is 1.79 bits per heavy atom. The van der Waals surface area contributed by atoms with Crippen molar-refractivity contribution in [1.29, 1.82) is 5.26 Å². The first-order valence-corrected chi connectivity index (χ1v) is 10.1. The number of nitrogens with one attached hydrogen (secondary N) is 1. The van der Waals surface area contributed by atoms with Gasteiger partial charge in [0.25, 0.3) is 5.91 Å². The number of ether oxygens (including phenoxy) is 2. The fraction of sp³-hybridized carbons (Fsp3) is 0.208.